The first kappa shape index (κ1) is 12.5. The fourth-order valence-corrected chi connectivity index (χ4v) is 0.541. The number of carboxylic acid groups (broad SMARTS) is 1. The van der Waals surface area contributed by atoms with Crippen LogP contribution in [0.2, 0.25) is 0 Å². The molecular formula is C4H10NNaO2S. The minimum atomic E-state index is -0.959. The van der Waals surface area contributed by atoms with Crippen LogP contribution in [0.1, 0.15) is 7.85 Å². The first-order valence-corrected chi connectivity index (χ1v) is 2.91. The molecule has 0 aliphatic heterocycles. The van der Waals surface area contributed by atoms with Crippen molar-refractivity contribution in [1.29, 1.82) is 0 Å². The van der Waals surface area contributed by atoms with E-state index >= 15 is 0 Å². The van der Waals surface area contributed by atoms with Crippen LogP contribution in [0.15, 0.2) is 0 Å². The molecular weight excluding hydrogens is 149 g/mol. The van der Waals surface area contributed by atoms with Crippen molar-refractivity contribution in [3.8, 4) is 0 Å². The van der Waals surface area contributed by atoms with Crippen LogP contribution >= 0.6 is 12.6 Å². The Kier molecular flexibility index (Phi) is 9.54. The molecule has 0 heterocycles. The summed E-state index contributed by atoms with van der Waals surface area (Å²) >= 11 is 3.81. The number of thiol groups is 1. The van der Waals surface area contributed by atoms with Gasteiger partial charge in [-0.25, -0.2) is 0 Å². The first-order chi connectivity index (χ1) is 3.68. The summed E-state index contributed by atoms with van der Waals surface area (Å²) in [6, 6.07) is -0.743. The quantitative estimate of drug-likeness (QED) is 0.301. The number of carboxylic acids is 1. The van der Waals surface area contributed by atoms with Gasteiger partial charge in [0.15, 0.2) is 0 Å². The summed E-state index contributed by atoms with van der Waals surface area (Å²) in [6.45, 7) is 0. The third kappa shape index (κ3) is 6.67. The van der Waals surface area contributed by atoms with Crippen LogP contribution < -0.4 is 35.3 Å². The molecule has 0 saturated carbocycles. The summed E-state index contributed by atoms with van der Waals surface area (Å²) in [7, 11) is 0. The molecule has 0 bridgehead atoms. The van der Waals surface area contributed by atoms with Crippen molar-refractivity contribution in [3.05, 3.63) is 0 Å². The second-order valence-electron chi connectivity index (χ2n) is 1.46. The van der Waals surface area contributed by atoms with Gasteiger partial charge in [0.1, 0.15) is 6.04 Å². The van der Waals surface area contributed by atoms with E-state index in [1.165, 1.54) is 0 Å². The van der Waals surface area contributed by atoms with Gasteiger partial charge in [0, 0.05) is 0 Å². The summed E-state index contributed by atoms with van der Waals surface area (Å²) in [5.41, 5.74) is 5.08. The molecule has 0 spiro atoms. The maximum absolute atomic E-state index is 9.93. The van der Waals surface area contributed by atoms with E-state index in [-0.39, 0.29) is 31.0 Å². The molecule has 9 heavy (non-hydrogen) atoms. The van der Waals surface area contributed by atoms with Crippen LogP contribution in [0.4, 0.5) is 0 Å². The number of hydrogen-bond acceptors (Lipinski definition) is 3. The Morgan fingerprint density at radius 2 is 2.33 bits per heavy atom. The minimum absolute atomic E-state index is 0. The molecule has 3 nitrogen and oxygen atoms in total. The van der Waals surface area contributed by atoms with Crippen LogP contribution in [0.3, 0.4) is 0 Å². The van der Waals surface area contributed by atoms with Crippen molar-refractivity contribution < 1.29 is 40.9 Å². The molecule has 0 fully saturated rings. The maximum atomic E-state index is 9.93. The van der Waals surface area contributed by atoms with Crippen molar-refractivity contribution in [3.63, 3.8) is 0 Å². The fourth-order valence-electron chi connectivity index (χ4n) is 0.263. The third-order valence-electron chi connectivity index (χ3n) is 0.757. The van der Waals surface area contributed by atoms with Gasteiger partial charge in [0.05, 0.1) is 0 Å². The molecule has 50 valence electrons. The van der Waals surface area contributed by atoms with Gasteiger partial charge < -0.3 is 12.3 Å². The summed E-state index contributed by atoms with van der Waals surface area (Å²) in [4.78, 5) is 9.93. The zero-order valence-electron chi connectivity index (χ0n) is 6.37. The Morgan fingerprint density at radius 1 is 1.89 bits per heavy atom. The van der Waals surface area contributed by atoms with E-state index in [0.717, 1.165) is 0 Å². The van der Waals surface area contributed by atoms with Crippen molar-refractivity contribution in [2.45, 2.75) is 12.5 Å². The molecule has 3 N–H and O–H groups in total. The average Bonchev–Trinajstić information content (AvgIpc) is 1.67. The van der Waals surface area contributed by atoms with Gasteiger partial charge in [0.2, 0.25) is 0 Å². The molecule has 0 amide bonds. The third-order valence-corrected chi connectivity index (χ3v) is 1.02. The number of hydrogen-bond donors (Lipinski definition) is 3. The number of aliphatic carboxylic acids is 1. The van der Waals surface area contributed by atoms with Crippen molar-refractivity contribution in [1.82, 2.24) is 0 Å². The van der Waals surface area contributed by atoms with Gasteiger partial charge in [-0.3, -0.25) is 4.79 Å². The molecule has 0 radical (unpaired) electrons. The van der Waals surface area contributed by atoms with E-state index in [4.69, 9.17) is 10.8 Å². The van der Waals surface area contributed by atoms with Gasteiger partial charge in [0.25, 0.3) is 0 Å². The smallest absolute Gasteiger partial charge is 1.00 e. The van der Waals surface area contributed by atoms with Crippen molar-refractivity contribution in [2.75, 3.05) is 5.75 Å². The van der Waals surface area contributed by atoms with E-state index in [2.05, 4.69) is 12.6 Å². The van der Waals surface area contributed by atoms with Crippen molar-refractivity contribution >= 4 is 18.6 Å². The Balaban J connectivity index is -0.000000245. The molecule has 0 aliphatic carbocycles. The number of nitrogens with two attached hydrogens (primary N) is 1. The first-order valence-electron chi connectivity index (χ1n) is 2.27. The van der Waals surface area contributed by atoms with Crippen LogP contribution in [-0.2, 0) is 4.79 Å². The Hall–Kier alpha value is 0.780. The standard InChI is InChI=1S/C4H9NO2S.Na.H/c5-3(1-2-8)4(6)7;;/h3,8H,1-2,5H2,(H,6,7);;/q;+1;-1. The van der Waals surface area contributed by atoms with E-state index in [1.54, 1.807) is 0 Å². The SMILES string of the molecule is NC(CCS)C(=O)O.[H-].[Na+]. The molecule has 0 aromatic heterocycles. The predicted octanol–water partition coefficient (Wildman–Crippen LogP) is -3.17. The van der Waals surface area contributed by atoms with Crippen LogP contribution in [0.25, 0.3) is 0 Å². The molecule has 0 aromatic rings. The summed E-state index contributed by atoms with van der Waals surface area (Å²) in [6.07, 6.45) is 0.429. The van der Waals surface area contributed by atoms with Crippen LogP contribution in [-0.4, -0.2) is 22.9 Å². The number of rotatable bonds is 3. The Morgan fingerprint density at radius 3 is 2.44 bits per heavy atom. The van der Waals surface area contributed by atoms with Gasteiger partial charge in [-0.1, -0.05) is 0 Å². The van der Waals surface area contributed by atoms with Crippen molar-refractivity contribution in [2.24, 2.45) is 5.73 Å². The van der Waals surface area contributed by atoms with Gasteiger partial charge in [-0.2, -0.15) is 12.6 Å². The zero-order chi connectivity index (χ0) is 6.57. The van der Waals surface area contributed by atoms with E-state index in [1.807, 2.05) is 0 Å². The molecule has 1 unspecified atom stereocenters. The maximum Gasteiger partial charge on any atom is 1.00 e. The van der Waals surface area contributed by atoms with Gasteiger partial charge in [-0.05, 0) is 12.2 Å². The van der Waals surface area contributed by atoms with Gasteiger partial charge in [-0.15, -0.1) is 0 Å². The Bertz CT molecular complexity index is 95.3. The normalized spacial score (nSPS) is 11.8. The van der Waals surface area contributed by atoms with E-state index in [0.29, 0.717) is 12.2 Å². The minimum Gasteiger partial charge on any atom is -1.00 e. The molecule has 1 atom stereocenters. The molecule has 0 rings (SSSR count). The summed E-state index contributed by atoms with van der Waals surface area (Å²) < 4.78 is 0. The Labute approximate surface area is 83.2 Å². The van der Waals surface area contributed by atoms with E-state index in [9.17, 15) is 4.79 Å². The molecule has 0 saturated heterocycles. The second-order valence-corrected chi connectivity index (χ2v) is 1.90. The monoisotopic (exact) mass is 159 g/mol. The molecule has 5 heteroatoms. The van der Waals surface area contributed by atoms with Crippen LogP contribution in [0, 0.1) is 0 Å². The zero-order valence-corrected chi connectivity index (χ0v) is 8.27. The molecule has 0 aromatic carbocycles. The topological polar surface area (TPSA) is 63.3 Å². The predicted molar refractivity (Wildman–Crippen MR) is 35.2 cm³/mol. The van der Waals surface area contributed by atoms with Crippen LogP contribution in [0.5, 0.6) is 0 Å². The van der Waals surface area contributed by atoms with E-state index < -0.39 is 12.0 Å². The van der Waals surface area contributed by atoms with Gasteiger partial charge >= 0.3 is 35.5 Å². The molecule has 0 aliphatic rings. The summed E-state index contributed by atoms with van der Waals surface area (Å²) in [5, 5.41) is 8.15. The number of carbonyl (C=O) groups is 1. The largest absolute Gasteiger partial charge is 1.00 e. The second kappa shape index (κ2) is 6.89. The summed E-state index contributed by atoms with van der Waals surface area (Å²) in [5.74, 6) is -0.438. The fraction of sp³-hybridized carbons (Fsp3) is 0.750. The average molecular weight is 159 g/mol.